The predicted molar refractivity (Wildman–Crippen MR) is 79.1 cm³/mol. The number of likely N-dealkylation sites (N-methyl/N-ethyl adjacent to an activating group) is 1. The smallest absolute Gasteiger partial charge is 0.101 e. The van der Waals surface area contributed by atoms with Crippen molar-refractivity contribution in [3.63, 3.8) is 0 Å². The number of benzene rings is 1. The standard InChI is InChI=1S/C16H24N2O/c1-13(16(19)14-9-5-3-6-10-14)18(2)17-15-11-7-4-8-12-15/h3,5-6,9-10,13,16,19H,4,7-8,11-12H2,1-2H3/t13?,16-/m0/s1. The van der Waals surface area contributed by atoms with Gasteiger partial charge in [0.2, 0.25) is 0 Å². The summed E-state index contributed by atoms with van der Waals surface area (Å²) in [6, 6.07) is 9.78. The first-order valence-electron chi connectivity index (χ1n) is 7.20. The molecule has 1 N–H and O–H groups in total. The Morgan fingerprint density at radius 3 is 2.37 bits per heavy atom. The molecule has 0 spiro atoms. The fourth-order valence-corrected chi connectivity index (χ4v) is 2.51. The molecule has 0 aliphatic heterocycles. The Hall–Kier alpha value is -1.35. The summed E-state index contributed by atoms with van der Waals surface area (Å²) < 4.78 is 0. The van der Waals surface area contributed by atoms with Crippen molar-refractivity contribution >= 4 is 5.71 Å². The van der Waals surface area contributed by atoms with Crippen molar-refractivity contribution in [1.82, 2.24) is 5.01 Å². The van der Waals surface area contributed by atoms with Gasteiger partial charge in [-0.05, 0) is 38.2 Å². The van der Waals surface area contributed by atoms with Crippen LogP contribution in [0.5, 0.6) is 0 Å². The molecule has 0 heterocycles. The van der Waals surface area contributed by atoms with Gasteiger partial charge < -0.3 is 5.11 Å². The summed E-state index contributed by atoms with van der Waals surface area (Å²) in [6.07, 6.45) is 5.55. The van der Waals surface area contributed by atoms with Gasteiger partial charge in [-0.1, -0.05) is 36.8 Å². The van der Waals surface area contributed by atoms with E-state index < -0.39 is 6.10 Å². The molecule has 1 aromatic carbocycles. The van der Waals surface area contributed by atoms with Crippen molar-refractivity contribution in [2.24, 2.45) is 5.10 Å². The van der Waals surface area contributed by atoms with Gasteiger partial charge in [0, 0.05) is 12.8 Å². The largest absolute Gasteiger partial charge is 0.386 e. The highest BCUT2D eigenvalue weighted by molar-refractivity contribution is 5.84. The van der Waals surface area contributed by atoms with Gasteiger partial charge in [-0.3, -0.25) is 5.01 Å². The number of nitrogens with zero attached hydrogens (tertiary/aromatic N) is 2. The maximum atomic E-state index is 10.4. The first-order valence-corrected chi connectivity index (χ1v) is 7.20. The van der Waals surface area contributed by atoms with Gasteiger partial charge in [0.1, 0.15) is 6.10 Å². The van der Waals surface area contributed by atoms with Crippen LogP contribution >= 0.6 is 0 Å². The third-order valence-electron chi connectivity index (χ3n) is 3.92. The molecular formula is C16H24N2O. The first kappa shape index (κ1) is 14.1. The number of aliphatic hydroxyl groups is 1. The van der Waals surface area contributed by atoms with Crippen molar-refractivity contribution in [3.05, 3.63) is 35.9 Å². The van der Waals surface area contributed by atoms with Crippen LogP contribution in [0, 0.1) is 0 Å². The Kier molecular flexibility index (Phi) is 4.97. The van der Waals surface area contributed by atoms with E-state index in [1.54, 1.807) is 0 Å². The quantitative estimate of drug-likeness (QED) is 0.843. The molecule has 1 saturated carbocycles. The Morgan fingerprint density at radius 1 is 1.11 bits per heavy atom. The number of aliphatic hydroxyl groups excluding tert-OH is 1. The average molecular weight is 260 g/mol. The van der Waals surface area contributed by atoms with Gasteiger partial charge in [0.25, 0.3) is 0 Å². The minimum absolute atomic E-state index is 0.0168. The Morgan fingerprint density at radius 2 is 1.74 bits per heavy atom. The predicted octanol–water partition coefficient (Wildman–Crippen LogP) is 3.36. The Balaban J connectivity index is 2.00. The molecule has 19 heavy (non-hydrogen) atoms. The molecule has 0 radical (unpaired) electrons. The molecule has 2 atom stereocenters. The van der Waals surface area contributed by atoms with Gasteiger partial charge in [0.05, 0.1) is 6.04 Å². The summed E-state index contributed by atoms with van der Waals surface area (Å²) in [4.78, 5) is 0. The van der Waals surface area contributed by atoms with Crippen molar-refractivity contribution in [3.8, 4) is 0 Å². The van der Waals surface area contributed by atoms with Crippen LogP contribution in [0.3, 0.4) is 0 Å². The summed E-state index contributed by atoms with van der Waals surface area (Å²) in [7, 11) is 1.96. The summed E-state index contributed by atoms with van der Waals surface area (Å²) in [5, 5.41) is 17.0. The lowest BCUT2D eigenvalue weighted by molar-refractivity contribution is 0.0741. The Bertz CT molecular complexity index is 408. The third-order valence-corrected chi connectivity index (χ3v) is 3.92. The number of rotatable bonds is 4. The van der Waals surface area contributed by atoms with Crippen molar-refractivity contribution < 1.29 is 5.11 Å². The number of hydrogen-bond acceptors (Lipinski definition) is 3. The van der Waals surface area contributed by atoms with Crippen LogP contribution in [0.25, 0.3) is 0 Å². The molecule has 0 saturated heterocycles. The third kappa shape index (κ3) is 3.80. The molecule has 1 unspecified atom stereocenters. The maximum absolute atomic E-state index is 10.4. The molecule has 0 amide bonds. The van der Waals surface area contributed by atoms with Crippen LogP contribution in [0.4, 0.5) is 0 Å². The minimum Gasteiger partial charge on any atom is -0.386 e. The fraction of sp³-hybridized carbons (Fsp3) is 0.562. The molecule has 3 nitrogen and oxygen atoms in total. The molecule has 1 fully saturated rings. The zero-order chi connectivity index (χ0) is 13.7. The second kappa shape index (κ2) is 6.71. The molecule has 2 rings (SSSR count). The lowest BCUT2D eigenvalue weighted by Gasteiger charge is -2.28. The second-order valence-electron chi connectivity index (χ2n) is 5.40. The number of hydrazone groups is 1. The zero-order valence-corrected chi connectivity index (χ0v) is 11.9. The van der Waals surface area contributed by atoms with Gasteiger partial charge in [-0.2, -0.15) is 5.10 Å². The lowest BCUT2D eigenvalue weighted by atomic mass is 9.99. The summed E-state index contributed by atoms with van der Waals surface area (Å²) in [5.41, 5.74) is 2.23. The van der Waals surface area contributed by atoms with Crippen molar-refractivity contribution in [2.75, 3.05) is 7.05 Å². The number of hydrogen-bond donors (Lipinski definition) is 1. The monoisotopic (exact) mass is 260 g/mol. The van der Waals surface area contributed by atoms with E-state index in [0.717, 1.165) is 18.4 Å². The fourth-order valence-electron chi connectivity index (χ4n) is 2.51. The van der Waals surface area contributed by atoms with Gasteiger partial charge in [-0.15, -0.1) is 0 Å². The lowest BCUT2D eigenvalue weighted by Crippen LogP contribution is -2.31. The van der Waals surface area contributed by atoms with E-state index in [1.165, 1.54) is 25.0 Å². The molecule has 3 heteroatoms. The second-order valence-corrected chi connectivity index (χ2v) is 5.40. The summed E-state index contributed by atoms with van der Waals surface area (Å²) >= 11 is 0. The van der Waals surface area contributed by atoms with E-state index >= 15 is 0 Å². The van der Waals surface area contributed by atoms with Crippen LogP contribution in [0.1, 0.15) is 50.7 Å². The van der Waals surface area contributed by atoms with Gasteiger partial charge >= 0.3 is 0 Å². The van der Waals surface area contributed by atoms with Crippen LogP contribution in [0.15, 0.2) is 35.4 Å². The van der Waals surface area contributed by atoms with Gasteiger partial charge in [-0.25, -0.2) is 0 Å². The van der Waals surface area contributed by atoms with E-state index in [4.69, 9.17) is 0 Å². The highest BCUT2D eigenvalue weighted by Crippen LogP contribution is 2.21. The molecular weight excluding hydrogens is 236 g/mol. The molecule has 1 aliphatic carbocycles. The van der Waals surface area contributed by atoms with E-state index in [2.05, 4.69) is 5.10 Å². The van der Waals surface area contributed by atoms with Crippen LogP contribution in [0.2, 0.25) is 0 Å². The van der Waals surface area contributed by atoms with E-state index in [1.807, 2.05) is 49.3 Å². The maximum Gasteiger partial charge on any atom is 0.101 e. The molecule has 1 aliphatic rings. The molecule has 1 aromatic rings. The van der Waals surface area contributed by atoms with Crippen LogP contribution in [-0.4, -0.2) is 28.9 Å². The van der Waals surface area contributed by atoms with Crippen molar-refractivity contribution in [1.29, 1.82) is 0 Å². The SMILES string of the molecule is CC([C@H](O)c1ccccc1)N(C)N=C1CCCCC1. The Labute approximate surface area is 115 Å². The zero-order valence-electron chi connectivity index (χ0n) is 11.9. The summed E-state index contributed by atoms with van der Waals surface area (Å²) in [6.45, 7) is 2.02. The van der Waals surface area contributed by atoms with Crippen LogP contribution < -0.4 is 0 Å². The molecule has 0 bridgehead atoms. The topological polar surface area (TPSA) is 35.8 Å². The van der Waals surface area contributed by atoms with Crippen molar-refractivity contribution in [2.45, 2.75) is 51.2 Å². The normalized spacial score (nSPS) is 18.8. The van der Waals surface area contributed by atoms with E-state index in [-0.39, 0.29) is 6.04 Å². The molecule has 104 valence electrons. The van der Waals surface area contributed by atoms with E-state index in [0.29, 0.717) is 0 Å². The first-order chi connectivity index (χ1) is 9.18. The highest BCUT2D eigenvalue weighted by atomic mass is 16.3. The van der Waals surface area contributed by atoms with Crippen LogP contribution in [-0.2, 0) is 0 Å². The average Bonchev–Trinajstić information content (AvgIpc) is 2.47. The highest BCUT2D eigenvalue weighted by Gasteiger charge is 2.20. The molecule has 0 aromatic heterocycles. The summed E-state index contributed by atoms with van der Waals surface area (Å²) in [5.74, 6) is 0. The van der Waals surface area contributed by atoms with E-state index in [9.17, 15) is 5.11 Å². The van der Waals surface area contributed by atoms with Gasteiger partial charge in [0.15, 0.2) is 0 Å². The minimum atomic E-state index is -0.501.